The second-order valence-electron chi connectivity index (χ2n) is 6.97. The van der Waals surface area contributed by atoms with Crippen LogP contribution in [0.4, 0.5) is 11.6 Å². The zero-order chi connectivity index (χ0) is 18.3. The molecule has 3 aromatic rings. The van der Waals surface area contributed by atoms with Crippen molar-refractivity contribution in [2.45, 2.75) is 20.3 Å². The van der Waals surface area contributed by atoms with Crippen LogP contribution >= 0.6 is 0 Å². The van der Waals surface area contributed by atoms with Gasteiger partial charge in [0.1, 0.15) is 0 Å². The largest absolute Gasteiger partial charge is 0.357 e. The third-order valence-electron chi connectivity index (χ3n) is 4.74. The number of hydrogen-bond donors (Lipinski definition) is 0. The maximum Gasteiger partial charge on any atom is 0.259 e. The lowest BCUT2D eigenvalue weighted by molar-refractivity contribution is 0.0986. The number of para-hydroxylation sites is 2. The van der Waals surface area contributed by atoms with Crippen LogP contribution in [0.2, 0.25) is 0 Å². The first-order valence-electron chi connectivity index (χ1n) is 8.91. The maximum absolute atomic E-state index is 13.3. The van der Waals surface area contributed by atoms with Crippen LogP contribution < -0.4 is 9.80 Å². The summed E-state index contributed by atoms with van der Waals surface area (Å²) in [6.45, 7) is 5.51. The van der Waals surface area contributed by atoms with Crippen molar-refractivity contribution in [3.8, 4) is 0 Å². The Balaban J connectivity index is 1.86. The van der Waals surface area contributed by atoms with Gasteiger partial charge in [-0.1, -0.05) is 29.3 Å². The van der Waals surface area contributed by atoms with E-state index in [0.717, 1.165) is 40.9 Å². The molecule has 0 fully saturated rings. The summed E-state index contributed by atoms with van der Waals surface area (Å²) in [6.07, 6.45) is 0.876. The normalized spacial score (nSPS) is 14.3. The topological polar surface area (TPSA) is 49.3 Å². The number of nitrogens with zero attached hydrogens (tertiary/aromatic N) is 4. The van der Waals surface area contributed by atoms with Crippen molar-refractivity contribution < 1.29 is 4.79 Å². The minimum atomic E-state index is -0.0158. The van der Waals surface area contributed by atoms with Crippen molar-refractivity contribution in [1.29, 1.82) is 0 Å². The first-order chi connectivity index (χ1) is 12.5. The highest BCUT2D eigenvalue weighted by Crippen LogP contribution is 2.31. The number of benzene rings is 2. The molecule has 5 nitrogen and oxygen atoms in total. The molecule has 4 rings (SSSR count). The molecule has 1 aliphatic rings. The van der Waals surface area contributed by atoms with Gasteiger partial charge in [-0.15, -0.1) is 0 Å². The number of rotatable bonds is 1. The van der Waals surface area contributed by atoms with E-state index in [1.165, 1.54) is 0 Å². The van der Waals surface area contributed by atoms with E-state index < -0.39 is 0 Å². The second kappa shape index (κ2) is 6.41. The number of amides is 1. The predicted molar refractivity (Wildman–Crippen MR) is 105 cm³/mol. The number of anilines is 2. The SMILES string of the molecule is Cc1cc(C)cc(C(=O)N2CCCN(C)c3nc4ccccc4nc32)c1. The molecule has 0 radical (unpaired) electrons. The molecular formula is C21H22N4O. The van der Waals surface area contributed by atoms with Crippen molar-refractivity contribution in [1.82, 2.24) is 9.97 Å². The quantitative estimate of drug-likeness (QED) is 0.674. The first-order valence-corrected chi connectivity index (χ1v) is 8.91. The Morgan fingerprint density at radius 3 is 2.19 bits per heavy atom. The van der Waals surface area contributed by atoms with E-state index in [1.54, 1.807) is 4.90 Å². The maximum atomic E-state index is 13.3. The third kappa shape index (κ3) is 2.90. The summed E-state index contributed by atoms with van der Waals surface area (Å²) in [5, 5.41) is 0. The average Bonchev–Trinajstić information content (AvgIpc) is 2.77. The molecule has 26 heavy (non-hydrogen) atoms. The Morgan fingerprint density at radius 2 is 1.54 bits per heavy atom. The smallest absolute Gasteiger partial charge is 0.259 e. The summed E-state index contributed by atoms with van der Waals surface area (Å²) in [4.78, 5) is 26.8. The number of carbonyl (C=O) groups excluding carboxylic acids is 1. The number of fused-ring (bicyclic) bond motifs is 2. The van der Waals surface area contributed by atoms with E-state index in [4.69, 9.17) is 9.97 Å². The number of aromatic nitrogens is 2. The lowest BCUT2D eigenvalue weighted by atomic mass is 10.1. The molecule has 0 N–H and O–H groups in total. The Bertz CT molecular complexity index is 978. The van der Waals surface area contributed by atoms with Gasteiger partial charge in [-0.2, -0.15) is 0 Å². The van der Waals surface area contributed by atoms with Crippen LogP contribution in [0.15, 0.2) is 42.5 Å². The fraction of sp³-hybridized carbons (Fsp3) is 0.286. The Kier molecular flexibility index (Phi) is 4.07. The fourth-order valence-electron chi connectivity index (χ4n) is 3.55. The van der Waals surface area contributed by atoms with Gasteiger partial charge in [-0.25, -0.2) is 9.97 Å². The summed E-state index contributed by atoms with van der Waals surface area (Å²) in [5.41, 5.74) is 4.53. The molecule has 0 unspecified atom stereocenters. The molecular weight excluding hydrogens is 324 g/mol. The number of hydrogen-bond acceptors (Lipinski definition) is 4. The van der Waals surface area contributed by atoms with Gasteiger partial charge in [0.15, 0.2) is 11.6 Å². The number of carbonyl (C=O) groups is 1. The van der Waals surface area contributed by atoms with Crippen LogP contribution in [0.5, 0.6) is 0 Å². The van der Waals surface area contributed by atoms with E-state index >= 15 is 0 Å². The van der Waals surface area contributed by atoms with Crippen molar-refractivity contribution in [3.63, 3.8) is 0 Å². The van der Waals surface area contributed by atoms with Crippen LogP contribution in [-0.4, -0.2) is 36.0 Å². The number of aryl methyl sites for hydroxylation is 2. The Labute approximate surface area is 153 Å². The predicted octanol–water partition coefficient (Wildman–Crippen LogP) is 3.73. The van der Waals surface area contributed by atoms with Gasteiger partial charge in [0, 0.05) is 25.7 Å². The van der Waals surface area contributed by atoms with Crippen molar-refractivity contribution >= 4 is 28.6 Å². The molecule has 0 spiro atoms. The zero-order valence-electron chi connectivity index (χ0n) is 15.4. The summed E-state index contributed by atoms with van der Waals surface area (Å²) in [5.74, 6) is 1.39. The Hall–Kier alpha value is -2.95. The third-order valence-corrected chi connectivity index (χ3v) is 4.74. The lowest BCUT2D eigenvalue weighted by Gasteiger charge is -2.23. The van der Waals surface area contributed by atoms with Crippen LogP contribution in [-0.2, 0) is 0 Å². The van der Waals surface area contributed by atoms with Crippen LogP contribution in [0.1, 0.15) is 27.9 Å². The van der Waals surface area contributed by atoms with Crippen LogP contribution in [0, 0.1) is 13.8 Å². The van der Waals surface area contributed by atoms with Gasteiger partial charge in [-0.05, 0) is 44.5 Å². The monoisotopic (exact) mass is 346 g/mol. The average molecular weight is 346 g/mol. The standard InChI is InChI=1S/C21H22N4O/c1-14-11-15(2)13-16(12-14)21(26)25-10-6-9-24(3)19-20(25)23-18-8-5-4-7-17(18)22-19/h4-5,7-8,11-13H,6,9-10H2,1-3H3. The molecule has 0 aliphatic carbocycles. The van der Waals surface area contributed by atoms with Gasteiger partial charge in [0.2, 0.25) is 0 Å². The van der Waals surface area contributed by atoms with Gasteiger partial charge < -0.3 is 4.90 Å². The summed E-state index contributed by atoms with van der Waals surface area (Å²) in [7, 11) is 2.01. The molecule has 0 bridgehead atoms. The molecule has 5 heteroatoms. The van der Waals surface area contributed by atoms with E-state index in [2.05, 4.69) is 11.0 Å². The minimum absolute atomic E-state index is 0.0158. The Morgan fingerprint density at radius 1 is 0.923 bits per heavy atom. The summed E-state index contributed by atoms with van der Waals surface area (Å²) >= 11 is 0. The fourth-order valence-corrected chi connectivity index (χ4v) is 3.55. The van der Waals surface area contributed by atoms with E-state index in [1.807, 2.05) is 57.3 Å². The highest BCUT2D eigenvalue weighted by molar-refractivity contribution is 6.07. The van der Waals surface area contributed by atoms with Gasteiger partial charge >= 0.3 is 0 Å². The first kappa shape index (κ1) is 16.5. The summed E-state index contributed by atoms with van der Waals surface area (Å²) in [6, 6.07) is 13.8. The minimum Gasteiger partial charge on any atom is -0.357 e. The molecule has 132 valence electrons. The van der Waals surface area contributed by atoms with E-state index in [-0.39, 0.29) is 5.91 Å². The molecule has 0 atom stereocenters. The van der Waals surface area contributed by atoms with Crippen LogP contribution in [0.25, 0.3) is 11.0 Å². The summed E-state index contributed by atoms with van der Waals surface area (Å²) < 4.78 is 0. The molecule has 1 aromatic heterocycles. The van der Waals surface area contributed by atoms with Crippen LogP contribution in [0.3, 0.4) is 0 Å². The van der Waals surface area contributed by atoms with Gasteiger partial charge in [0.25, 0.3) is 5.91 Å². The molecule has 0 saturated heterocycles. The lowest BCUT2D eigenvalue weighted by Crippen LogP contribution is -2.32. The second-order valence-corrected chi connectivity index (χ2v) is 6.97. The molecule has 1 amide bonds. The zero-order valence-corrected chi connectivity index (χ0v) is 15.4. The van der Waals surface area contributed by atoms with E-state index in [9.17, 15) is 4.79 Å². The molecule has 1 aliphatic heterocycles. The van der Waals surface area contributed by atoms with Crippen molar-refractivity contribution in [2.75, 3.05) is 29.9 Å². The van der Waals surface area contributed by atoms with Crippen molar-refractivity contribution in [3.05, 3.63) is 59.2 Å². The highest BCUT2D eigenvalue weighted by atomic mass is 16.2. The van der Waals surface area contributed by atoms with E-state index in [0.29, 0.717) is 17.9 Å². The van der Waals surface area contributed by atoms with Gasteiger partial charge in [-0.3, -0.25) is 9.69 Å². The highest BCUT2D eigenvalue weighted by Gasteiger charge is 2.27. The van der Waals surface area contributed by atoms with Crippen molar-refractivity contribution in [2.24, 2.45) is 0 Å². The van der Waals surface area contributed by atoms with Gasteiger partial charge in [0.05, 0.1) is 11.0 Å². The molecule has 2 heterocycles. The molecule has 0 saturated carbocycles. The molecule has 2 aromatic carbocycles.